The number of anilines is 1. The predicted octanol–water partition coefficient (Wildman–Crippen LogP) is 3.35. The van der Waals surface area contributed by atoms with Crippen LogP contribution < -0.4 is 19.1 Å². The van der Waals surface area contributed by atoms with E-state index < -0.39 is 38.7 Å². The Morgan fingerprint density at radius 2 is 2.00 bits per heavy atom. The number of fused-ring (bicyclic) bond motifs is 2. The third kappa shape index (κ3) is 4.05. The standard InChI is InChI=1S/C23H24F2N4O5S/c1-23(2,3)35(31,32)27-22(30)17-10-26-29-5-4-15(9-19(17)29)28-11-14(25)7-18(28)16-6-13(24)8-20-21(16)34-12-33-20/h4-6,8-10,14,18H,7,11-12H2,1-3H3,(H,27,30). The molecule has 35 heavy (non-hydrogen) atoms. The Morgan fingerprint density at radius 3 is 2.74 bits per heavy atom. The van der Waals surface area contributed by atoms with Crippen molar-refractivity contribution in [1.82, 2.24) is 14.3 Å². The first-order valence-corrected chi connectivity index (χ1v) is 12.5. The zero-order chi connectivity index (χ0) is 25.1. The fourth-order valence-electron chi connectivity index (χ4n) is 4.27. The highest BCUT2D eigenvalue weighted by Crippen LogP contribution is 2.46. The van der Waals surface area contributed by atoms with E-state index in [4.69, 9.17) is 9.47 Å². The molecule has 12 heteroatoms. The number of carbonyl (C=O) groups excluding carboxylic acids is 1. The highest BCUT2D eigenvalue weighted by atomic mass is 32.2. The molecule has 186 valence electrons. The van der Waals surface area contributed by atoms with Gasteiger partial charge in [-0.2, -0.15) is 5.10 Å². The van der Waals surface area contributed by atoms with Gasteiger partial charge in [0.1, 0.15) is 12.0 Å². The van der Waals surface area contributed by atoms with E-state index >= 15 is 0 Å². The van der Waals surface area contributed by atoms with Crippen LogP contribution in [-0.4, -0.2) is 48.2 Å². The molecule has 1 amide bonds. The molecule has 4 heterocycles. The number of ether oxygens (including phenoxy) is 2. The number of nitrogens with one attached hydrogen (secondary N) is 1. The minimum Gasteiger partial charge on any atom is -0.453 e. The fourth-order valence-corrected chi connectivity index (χ4v) is 4.93. The van der Waals surface area contributed by atoms with Gasteiger partial charge >= 0.3 is 0 Å². The molecule has 1 N–H and O–H groups in total. The lowest BCUT2D eigenvalue weighted by Gasteiger charge is -2.27. The Balaban J connectivity index is 1.52. The van der Waals surface area contributed by atoms with Crippen LogP contribution in [0.3, 0.4) is 0 Å². The molecule has 1 aromatic carbocycles. The summed E-state index contributed by atoms with van der Waals surface area (Å²) in [5, 5.41) is 4.13. The van der Waals surface area contributed by atoms with Gasteiger partial charge in [0, 0.05) is 36.5 Å². The van der Waals surface area contributed by atoms with Gasteiger partial charge in [0.05, 0.1) is 28.1 Å². The van der Waals surface area contributed by atoms with Gasteiger partial charge in [-0.15, -0.1) is 0 Å². The molecule has 0 bridgehead atoms. The van der Waals surface area contributed by atoms with Crippen LogP contribution in [0.15, 0.2) is 36.7 Å². The molecule has 2 unspecified atom stereocenters. The number of rotatable bonds is 4. The summed E-state index contributed by atoms with van der Waals surface area (Å²) < 4.78 is 67.0. The highest BCUT2D eigenvalue weighted by Gasteiger charge is 2.38. The van der Waals surface area contributed by atoms with Gasteiger partial charge in [-0.1, -0.05) is 0 Å². The first kappa shape index (κ1) is 23.3. The molecule has 5 rings (SSSR count). The average molecular weight is 507 g/mol. The molecule has 2 aliphatic rings. The van der Waals surface area contributed by atoms with E-state index in [9.17, 15) is 22.0 Å². The van der Waals surface area contributed by atoms with E-state index in [1.54, 1.807) is 23.2 Å². The molecule has 0 aliphatic carbocycles. The molecule has 2 atom stereocenters. The maximum atomic E-state index is 14.7. The molecule has 2 aromatic heterocycles. The largest absolute Gasteiger partial charge is 0.453 e. The van der Waals surface area contributed by atoms with Gasteiger partial charge in [-0.3, -0.25) is 4.79 Å². The Kier molecular flexibility index (Phi) is 5.38. The number of nitrogens with zero attached hydrogens (tertiary/aromatic N) is 3. The summed E-state index contributed by atoms with van der Waals surface area (Å²) in [5.74, 6) is -0.681. The summed E-state index contributed by atoms with van der Waals surface area (Å²) in [6.07, 6.45) is 1.80. The number of hydrogen-bond acceptors (Lipinski definition) is 7. The predicted molar refractivity (Wildman–Crippen MR) is 123 cm³/mol. The maximum absolute atomic E-state index is 14.7. The first-order chi connectivity index (χ1) is 16.4. The minimum atomic E-state index is -3.94. The van der Waals surface area contributed by atoms with Crippen LogP contribution in [0.2, 0.25) is 0 Å². The number of alkyl halides is 1. The zero-order valence-electron chi connectivity index (χ0n) is 19.3. The number of pyridine rings is 1. The Labute approximate surface area is 200 Å². The van der Waals surface area contributed by atoms with Crippen molar-refractivity contribution >= 4 is 27.1 Å². The number of benzene rings is 1. The molecule has 2 aliphatic heterocycles. The van der Waals surface area contributed by atoms with E-state index in [1.165, 1.54) is 43.6 Å². The monoisotopic (exact) mass is 506 g/mol. The Bertz CT molecular complexity index is 1430. The summed E-state index contributed by atoms with van der Waals surface area (Å²) in [7, 11) is -3.94. The SMILES string of the molecule is CC(C)(C)S(=O)(=O)NC(=O)c1cnn2ccc(N3CC(F)CC3c3cc(F)cc4c3OCO4)cc12. The van der Waals surface area contributed by atoms with Crippen LogP contribution in [-0.2, 0) is 10.0 Å². The summed E-state index contributed by atoms with van der Waals surface area (Å²) >= 11 is 0. The lowest BCUT2D eigenvalue weighted by Crippen LogP contribution is -2.42. The van der Waals surface area contributed by atoms with E-state index in [2.05, 4.69) is 9.82 Å². The van der Waals surface area contributed by atoms with Crippen molar-refractivity contribution in [2.75, 3.05) is 18.2 Å². The molecule has 0 saturated carbocycles. The number of hydrogen-bond donors (Lipinski definition) is 1. The summed E-state index contributed by atoms with van der Waals surface area (Å²) in [5.41, 5.74) is 1.43. The molecule has 1 saturated heterocycles. The van der Waals surface area contributed by atoms with Crippen molar-refractivity contribution in [3.05, 3.63) is 53.6 Å². The third-order valence-electron chi connectivity index (χ3n) is 6.19. The number of aromatic nitrogens is 2. The van der Waals surface area contributed by atoms with Gasteiger partial charge < -0.3 is 14.4 Å². The molecule has 9 nitrogen and oxygen atoms in total. The van der Waals surface area contributed by atoms with E-state index in [0.29, 0.717) is 22.5 Å². The van der Waals surface area contributed by atoms with Gasteiger partial charge in [0.2, 0.25) is 16.8 Å². The normalized spacial score (nSPS) is 20.0. The van der Waals surface area contributed by atoms with E-state index in [0.717, 1.165) is 0 Å². The van der Waals surface area contributed by atoms with Crippen molar-refractivity contribution in [2.24, 2.45) is 0 Å². The van der Waals surface area contributed by atoms with Crippen molar-refractivity contribution in [3.63, 3.8) is 0 Å². The van der Waals surface area contributed by atoms with E-state index in [1.807, 2.05) is 0 Å². The lowest BCUT2D eigenvalue weighted by molar-refractivity contribution is 0.0982. The smallest absolute Gasteiger partial charge is 0.268 e. The molecular weight excluding hydrogens is 482 g/mol. The Morgan fingerprint density at radius 1 is 1.23 bits per heavy atom. The van der Waals surface area contributed by atoms with Crippen LogP contribution in [0.25, 0.3) is 5.52 Å². The van der Waals surface area contributed by atoms with Crippen LogP contribution in [0.5, 0.6) is 11.5 Å². The fraction of sp³-hybridized carbons (Fsp3) is 0.391. The van der Waals surface area contributed by atoms with Crippen LogP contribution in [0.1, 0.15) is 49.2 Å². The second kappa shape index (κ2) is 8.08. The van der Waals surface area contributed by atoms with Gasteiger partial charge in [0.15, 0.2) is 11.5 Å². The van der Waals surface area contributed by atoms with E-state index in [-0.39, 0.29) is 31.1 Å². The minimum absolute atomic E-state index is 0.0427. The lowest BCUT2D eigenvalue weighted by atomic mass is 10.0. The third-order valence-corrected chi connectivity index (χ3v) is 8.26. The van der Waals surface area contributed by atoms with Crippen molar-refractivity contribution in [1.29, 1.82) is 0 Å². The van der Waals surface area contributed by atoms with Gasteiger partial charge in [0.25, 0.3) is 5.91 Å². The van der Waals surface area contributed by atoms with Crippen molar-refractivity contribution in [3.8, 4) is 11.5 Å². The van der Waals surface area contributed by atoms with Gasteiger partial charge in [-0.05, 0) is 39.0 Å². The number of amides is 1. The van der Waals surface area contributed by atoms with Crippen LogP contribution in [0.4, 0.5) is 14.5 Å². The van der Waals surface area contributed by atoms with Gasteiger partial charge in [-0.25, -0.2) is 26.4 Å². The highest BCUT2D eigenvalue weighted by molar-refractivity contribution is 7.91. The molecule has 1 fully saturated rings. The summed E-state index contributed by atoms with van der Waals surface area (Å²) in [6.45, 7) is 4.44. The summed E-state index contributed by atoms with van der Waals surface area (Å²) in [4.78, 5) is 14.6. The quantitative estimate of drug-likeness (QED) is 0.579. The first-order valence-electron chi connectivity index (χ1n) is 11.0. The molecule has 3 aromatic rings. The molecule has 0 spiro atoms. The molecule has 0 radical (unpaired) electrons. The zero-order valence-corrected chi connectivity index (χ0v) is 20.1. The van der Waals surface area contributed by atoms with Crippen LogP contribution in [0, 0.1) is 5.82 Å². The Hall–Kier alpha value is -3.41. The second-order valence-corrected chi connectivity index (χ2v) is 12.0. The number of halogens is 2. The summed E-state index contributed by atoms with van der Waals surface area (Å²) in [6, 6.07) is 5.34. The number of sulfonamides is 1. The van der Waals surface area contributed by atoms with Crippen molar-refractivity contribution < 1.29 is 31.5 Å². The topological polar surface area (TPSA) is 102 Å². The maximum Gasteiger partial charge on any atom is 0.268 e. The average Bonchev–Trinajstić information content (AvgIpc) is 3.49. The van der Waals surface area contributed by atoms with Crippen LogP contribution >= 0.6 is 0 Å². The number of carbonyl (C=O) groups is 1. The molecular formula is C23H24F2N4O5S. The second-order valence-electron chi connectivity index (χ2n) is 9.55. The van der Waals surface area contributed by atoms with Crippen molar-refractivity contribution in [2.45, 2.75) is 44.2 Å².